The van der Waals surface area contributed by atoms with E-state index in [2.05, 4.69) is 9.88 Å². The molecule has 2 aliphatic heterocycles. The van der Waals surface area contributed by atoms with Gasteiger partial charge in [0, 0.05) is 39.4 Å². The molecule has 1 aromatic carbocycles. The fourth-order valence-corrected chi connectivity index (χ4v) is 4.35. The number of carbonyl (C=O) groups is 2. The van der Waals surface area contributed by atoms with Gasteiger partial charge >= 0.3 is 17.6 Å². The highest BCUT2D eigenvalue weighted by atomic mass is 16.5. The molecule has 0 spiro atoms. The molecule has 0 bridgehead atoms. The second-order valence-electron chi connectivity index (χ2n) is 8.59. The van der Waals surface area contributed by atoms with Crippen molar-refractivity contribution in [1.29, 1.82) is 0 Å². The Bertz CT molecular complexity index is 1350. The third-order valence-corrected chi connectivity index (χ3v) is 6.34. The number of esters is 1. The lowest BCUT2D eigenvalue weighted by Gasteiger charge is -2.30. The number of anilines is 2. The molecule has 2 saturated heterocycles. The summed E-state index contributed by atoms with van der Waals surface area (Å²) in [4.78, 5) is 49.1. The van der Waals surface area contributed by atoms with Crippen LogP contribution in [0.4, 0.5) is 16.2 Å². The fourth-order valence-electron chi connectivity index (χ4n) is 4.35. The Balaban J connectivity index is 1.69. The maximum absolute atomic E-state index is 13.8. The van der Waals surface area contributed by atoms with Gasteiger partial charge in [0.15, 0.2) is 11.3 Å². The van der Waals surface area contributed by atoms with Crippen molar-refractivity contribution in [2.75, 3.05) is 63.4 Å². The van der Waals surface area contributed by atoms with E-state index < -0.39 is 11.5 Å². The van der Waals surface area contributed by atoms with Gasteiger partial charge in [-0.25, -0.2) is 14.6 Å². The van der Waals surface area contributed by atoms with Crippen LogP contribution in [0, 0.1) is 0 Å². The zero-order valence-electron chi connectivity index (χ0n) is 20.2. The van der Waals surface area contributed by atoms with Crippen molar-refractivity contribution in [3.8, 4) is 5.75 Å². The van der Waals surface area contributed by atoms with Gasteiger partial charge in [0.05, 0.1) is 31.7 Å². The molecule has 0 N–H and O–H groups in total. The minimum atomic E-state index is -0.800. The Morgan fingerprint density at radius 1 is 1.08 bits per heavy atom. The number of rotatable bonds is 6. The van der Waals surface area contributed by atoms with Crippen LogP contribution in [0.15, 0.2) is 47.4 Å². The monoisotopic (exact) mass is 493 g/mol. The number of aromatic nitrogens is 2. The van der Waals surface area contributed by atoms with Gasteiger partial charge in [0.25, 0.3) is 0 Å². The first kappa shape index (κ1) is 23.6. The molecule has 2 aromatic heterocycles. The summed E-state index contributed by atoms with van der Waals surface area (Å²) in [6, 6.07) is 10.9. The number of benzene rings is 1. The number of ether oxygens (including phenoxy) is 3. The summed E-state index contributed by atoms with van der Waals surface area (Å²) in [6.45, 7) is 3.40. The Kier molecular flexibility index (Phi) is 6.47. The van der Waals surface area contributed by atoms with E-state index in [0.717, 1.165) is 11.3 Å². The molecule has 0 atom stereocenters. The summed E-state index contributed by atoms with van der Waals surface area (Å²) < 4.78 is 17.6. The minimum Gasteiger partial charge on any atom is -0.481 e. The van der Waals surface area contributed by atoms with E-state index in [1.807, 2.05) is 36.4 Å². The molecule has 36 heavy (non-hydrogen) atoms. The van der Waals surface area contributed by atoms with Crippen LogP contribution in [0.2, 0.25) is 0 Å². The predicted molar refractivity (Wildman–Crippen MR) is 132 cm³/mol. The third-order valence-electron chi connectivity index (χ3n) is 6.34. The van der Waals surface area contributed by atoms with E-state index in [-0.39, 0.29) is 29.7 Å². The summed E-state index contributed by atoms with van der Waals surface area (Å²) in [5, 5.41) is 0. The Morgan fingerprint density at radius 2 is 1.83 bits per heavy atom. The summed E-state index contributed by atoms with van der Waals surface area (Å²) in [5.41, 5.74) is 1.38. The lowest BCUT2D eigenvalue weighted by atomic mass is 10.2. The zero-order chi connectivity index (χ0) is 25.2. The Hall–Kier alpha value is -4.12. The van der Waals surface area contributed by atoms with Crippen LogP contribution in [0.3, 0.4) is 0 Å². The highest BCUT2D eigenvalue weighted by Gasteiger charge is 2.31. The van der Waals surface area contributed by atoms with Gasteiger partial charge in [-0.15, -0.1) is 0 Å². The normalized spacial score (nSPS) is 16.1. The molecule has 5 rings (SSSR count). The van der Waals surface area contributed by atoms with E-state index in [0.29, 0.717) is 45.1 Å². The molecule has 0 aliphatic carbocycles. The van der Waals surface area contributed by atoms with Crippen LogP contribution >= 0.6 is 0 Å². The molecule has 0 saturated carbocycles. The molecular weight excluding hydrogens is 466 g/mol. The molecular formula is C25H27N5O6. The van der Waals surface area contributed by atoms with Crippen molar-refractivity contribution in [3.63, 3.8) is 0 Å². The van der Waals surface area contributed by atoms with Crippen molar-refractivity contribution in [3.05, 3.63) is 64.2 Å². The molecule has 0 unspecified atom stereocenters. The van der Waals surface area contributed by atoms with Crippen LogP contribution in [0.1, 0.15) is 16.1 Å². The van der Waals surface area contributed by atoms with Gasteiger partial charge in [0.1, 0.15) is 6.61 Å². The van der Waals surface area contributed by atoms with E-state index in [9.17, 15) is 14.4 Å². The number of carbonyl (C=O) groups excluding carboxylic acids is 2. The summed E-state index contributed by atoms with van der Waals surface area (Å²) in [5.74, 6) is -1.01. The summed E-state index contributed by atoms with van der Waals surface area (Å²) >= 11 is 0. The number of amides is 2. The molecule has 11 nitrogen and oxygen atoms in total. The Labute approximate surface area is 207 Å². The number of nitrogens with zero attached hydrogens (tertiary/aromatic N) is 5. The zero-order valence-corrected chi connectivity index (χ0v) is 20.2. The van der Waals surface area contributed by atoms with Gasteiger partial charge < -0.3 is 24.0 Å². The van der Waals surface area contributed by atoms with Gasteiger partial charge in [-0.1, -0.05) is 30.3 Å². The van der Waals surface area contributed by atoms with Gasteiger partial charge in [-0.05, 0) is 11.6 Å². The maximum atomic E-state index is 13.8. The lowest BCUT2D eigenvalue weighted by molar-refractivity contribution is 0.0588. The quantitative estimate of drug-likeness (QED) is 0.479. The lowest BCUT2D eigenvalue weighted by Crippen LogP contribution is -2.37. The number of urea groups is 1. The molecule has 2 fully saturated rings. The fraction of sp³-hybridized carbons (Fsp3) is 0.360. The summed E-state index contributed by atoms with van der Waals surface area (Å²) in [7, 11) is 2.93. The maximum Gasteiger partial charge on any atom is 0.360 e. The first-order chi connectivity index (χ1) is 17.5. The van der Waals surface area contributed by atoms with E-state index in [4.69, 9.17) is 14.2 Å². The number of hydrogen-bond acceptors (Lipinski definition) is 8. The number of hydrogen-bond donors (Lipinski definition) is 0. The van der Waals surface area contributed by atoms with Crippen molar-refractivity contribution in [1.82, 2.24) is 14.3 Å². The highest BCUT2D eigenvalue weighted by molar-refractivity contribution is 5.99. The summed E-state index contributed by atoms with van der Waals surface area (Å²) in [6.07, 6.45) is 1.67. The average molecular weight is 494 g/mol. The molecule has 2 amide bonds. The average Bonchev–Trinajstić information content (AvgIpc) is 3.25. The molecule has 11 heteroatoms. The van der Waals surface area contributed by atoms with Crippen molar-refractivity contribution in [2.45, 2.75) is 6.61 Å². The topological polar surface area (TPSA) is 106 Å². The Morgan fingerprint density at radius 3 is 2.50 bits per heavy atom. The second-order valence-corrected chi connectivity index (χ2v) is 8.59. The van der Waals surface area contributed by atoms with Crippen LogP contribution in [-0.4, -0.2) is 79.8 Å². The molecule has 3 aromatic rings. The van der Waals surface area contributed by atoms with Gasteiger partial charge in [-0.2, -0.15) is 0 Å². The SMILES string of the molecule is COC(=O)c1nc2c(N3CCN(C)C3=O)cc(N3CCOCC3)cn2c(=O)c1OCc1ccccc1. The first-order valence-electron chi connectivity index (χ1n) is 11.7. The number of pyridine rings is 1. The minimum absolute atomic E-state index is 0.0687. The van der Waals surface area contributed by atoms with Crippen LogP contribution < -0.4 is 20.1 Å². The van der Waals surface area contributed by atoms with E-state index >= 15 is 0 Å². The molecule has 4 heterocycles. The first-order valence-corrected chi connectivity index (χ1v) is 11.7. The van der Waals surface area contributed by atoms with Crippen LogP contribution in [0.25, 0.3) is 5.65 Å². The molecule has 2 aliphatic rings. The number of fused-ring (bicyclic) bond motifs is 1. The second kappa shape index (κ2) is 9.86. The van der Waals surface area contributed by atoms with Crippen molar-refractivity contribution < 1.29 is 23.8 Å². The molecule has 0 radical (unpaired) electrons. The molecule has 188 valence electrons. The number of morpholine rings is 1. The smallest absolute Gasteiger partial charge is 0.360 e. The number of likely N-dealkylation sites (N-methyl/N-ethyl adjacent to an activating group) is 1. The highest BCUT2D eigenvalue weighted by Crippen LogP contribution is 2.30. The van der Waals surface area contributed by atoms with Gasteiger partial charge in [0.2, 0.25) is 5.75 Å². The van der Waals surface area contributed by atoms with Gasteiger partial charge in [-0.3, -0.25) is 14.1 Å². The third kappa shape index (κ3) is 4.33. The van der Waals surface area contributed by atoms with E-state index in [1.165, 1.54) is 11.5 Å². The van der Waals surface area contributed by atoms with Crippen molar-refractivity contribution in [2.24, 2.45) is 0 Å². The van der Waals surface area contributed by atoms with Crippen LogP contribution in [0.5, 0.6) is 5.75 Å². The van der Waals surface area contributed by atoms with Crippen molar-refractivity contribution >= 4 is 29.0 Å². The van der Waals surface area contributed by atoms with E-state index in [1.54, 1.807) is 23.0 Å². The standard InChI is InChI=1S/C25H27N5O6/c1-27-8-9-29(25(27)33)19-14-18(28-10-12-35-13-11-28)15-30-22(19)26-20(24(32)34-2)21(23(30)31)36-16-17-6-4-3-5-7-17/h3-7,14-15H,8-13,16H2,1-2H3. The number of methoxy groups -OCH3 is 1. The van der Waals surface area contributed by atoms with Crippen LogP contribution in [-0.2, 0) is 16.1 Å². The predicted octanol–water partition coefficient (Wildman–Crippen LogP) is 1.77. The largest absolute Gasteiger partial charge is 0.481 e.